The Kier molecular flexibility index (Phi) is 8.19. The van der Waals surface area contributed by atoms with Gasteiger partial charge in [-0.3, -0.25) is 0 Å². The van der Waals surface area contributed by atoms with Crippen molar-refractivity contribution < 1.29 is 4.42 Å². The monoisotopic (exact) mass is 767 g/mol. The van der Waals surface area contributed by atoms with Crippen LogP contribution < -0.4 is 0 Å². The van der Waals surface area contributed by atoms with Crippen LogP contribution in [0.25, 0.3) is 89.9 Å². The number of hydrogen-bond acceptors (Lipinski definition) is 7. The quantitative estimate of drug-likeness (QED) is 0.167. The summed E-state index contributed by atoms with van der Waals surface area (Å²) in [4.78, 5) is 27.2. The van der Waals surface area contributed by atoms with Gasteiger partial charge in [0.05, 0.1) is 21.8 Å². The fourth-order valence-corrected chi connectivity index (χ4v) is 9.79. The number of thioether (sulfide) groups is 1. The number of hydrogen-bond donors (Lipinski definition) is 0. The van der Waals surface area contributed by atoms with Crippen LogP contribution in [-0.4, -0.2) is 29.7 Å². The van der Waals surface area contributed by atoms with Crippen molar-refractivity contribution in [3.8, 4) is 56.8 Å². The lowest BCUT2D eigenvalue weighted by molar-refractivity contribution is 0.669. The smallest absolute Gasteiger partial charge is 0.164 e. The van der Waals surface area contributed by atoms with Gasteiger partial charge < -0.3 is 4.42 Å². The van der Waals surface area contributed by atoms with Crippen molar-refractivity contribution in [2.75, 3.05) is 0 Å². The van der Waals surface area contributed by atoms with Crippen LogP contribution in [0.15, 0.2) is 167 Å². The molecule has 0 amide bonds. The first-order chi connectivity index (χ1) is 28.5. The van der Waals surface area contributed by atoms with Gasteiger partial charge >= 0.3 is 0 Å². The molecular formula is C51H37N5OS. The number of allylic oxidation sites excluding steroid dienone is 7. The molecule has 0 radical (unpaired) electrons. The summed E-state index contributed by atoms with van der Waals surface area (Å²) < 4.78 is 6.72. The summed E-state index contributed by atoms with van der Waals surface area (Å²) in [6.45, 7) is 4.55. The minimum absolute atomic E-state index is 0.0968. The van der Waals surface area contributed by atoms with Crippen molar-refractivity contribution in [2.45, 2.75) is 36.3 Å². The van der Waals surface area contributed by atoms with Gasteiger partial charge in [0, 0.05) is 37.8 Å². The molecule has 2 unspecified atom stereocenters. The van der Waals surface area contributed by atoms with Crippen LogP contribution in [-0.2, 0) is 0 Å². The maximum atomic E-state index is 6.82. The summed E-state index contributed by atoms with van der Waals surface area (Å²) >= 11 is 1.87. The van der Waals surface area contributed by atoms with E-state index in [0.717, 1.165) is 84.4 Å². The van der Waals surface area contributed by atoms with Crippen molar-refractivity contribution in [2.24, 2.45) is 5.92 Å². The van der Waals surface area contributed by atoms with E-state index in [9.17, 15) is 0 Å². The number of furan rings is 1. The van der Waals surface area contributed by atoms with Crippen LogP contribution in [0.2, 0.25) is 0 Å². The van der Waals surface area contributed by atoms with E-state index in [1.807, 2.05) is 60.3 Å². The SMILES string of the molecule is CC1C=CC(c2cccc(-c3nc(-c4ccccc4)nc(-c4cccc5oc6c(-c7nc8c(c(-c9ccccc9)n7)SC7(C)CC=CC=C87)cccc6c45)n3)c2)=CC1. The van der Waals surface area contributed by atoms with Crippen LogP contribution >= 0.6 is 11.8 Å². The molecule has 3 aromatic heterocycles. The minimum Gasteiger partial charge on any atom is -0.455 e. The number of benzene rings is 5. The normalized spacial score (nSPS) is 18.3. The zero-order chi connectivity index (χ0) is 38.8. The van der Waals surface area contributed by atoms with Gasteiger partial charge in [0.25, 0.3) is 0 Å². The van der Waals surface area contributed by atoms with Gasteiger partial charge in [0.15, 0.2) is 23.3 Å². The molecule has 0 saturated heterocycles. The second-order valence-electron chi connectivity index (χ2n) is 15.4. The zero-order valence-electron chi connectivity index (χ0n) is 32.1. The van der Waals surface area contributed by atoms with E-state index in [4.69, 9.17) is 29.3 Å². The molecule has 5 aromatic carbocycles. The molecular weight excluding hydrogens is 731 g/mol. The molecule has 278 valence electrons. The lowest BCUT2D eigenvalue weighted by atomic mass is 9.90. The van der Waals surface area contributed by atoms with E-state index < -0.39 is 0 Å². The Morgan fingerprint density at radius 3 is 2.14 bits per heavy atom. The van der Waals surface area contributed by atoms with Crippen LogP contribution in [0.4, 0.5) is 0 Å². The van der Waals surface area contributed by atoms with Crippen LogP contribution in [0, 0.1) is 5.92 Å². The Morgan fingerprint density at radius 1 is 0.655 bits per heavy atom. The van der Waals surface area contributed by atoms with Crippen LogP contribution in [0.5, 0.6) is 0 Å². The molecule has 8 aromatic rings. The summed E-state index contributed by atoms with van der Waals surface area (Å²) in [5.74, 6) is 2.97. The Hall–Kier alpha value is -6.70. The van der Waals surface area contributed by atoms with Gasteiger partial charge in [-0.05, 0) is 60.6 Å². The van der Waals surface area contributed by atoms with Gasteiger partial charge in [-0.2, -0.15) is 0 Å². The Balaban J connectivity index is 1.09. The van der Waals surface area contributed by atoms with Gasteiger partial charge in [-0.15, -0.1) is 11.8 Å². The van der Waals surface area contributed by atoms with Gasteiger partial charge in [-0.25, -0.2) is 24.9 Å². The van der Waals surface area contributed by atoms with Gasteiger partial charge in [0.1, 0.15) is 11.2 Å². The molecule has 3 aliphatic rings. The third-order valence-electron chi connectivity index (χ3n) is 11.4. The molecule has 11 rings (SSSR count). The molecule has 0 saturated carbocycles. The summed E-state index contributed by atoms with van der Waals surface area (Å²) in [6.07, 6.45) is 15.4. The average Bonchev–Trinajstić information content (AvgIpc) is 3.82. The highest BCUT2D eigenvalue weighted by molar-refractivity contribution is 8.01. The minimum atomic E-state index is -0.0968. The number of rotatable bonds is 6. The second-order valence-corrected chi connectivity index (χ2v) is 16.9. The fourth-order valence-electron chi connectivity index (χ4n) is 8.37. The molecule has 7 heteroatoms. The number of para-hydroxylation sites is 1. The van der Waals surface area contributed by atoms with Crippen molar-refractivity contribution in [3.63, 3.8) is 0 Å². The molecule has 2 aliphatic carbocycles. The van der Waals surface area contributed by atoms with Crippen molar-refractivity contribution >= 4 is 44.8 Å². The lowest BCUT2D eigenvalue weighted by Crippen LogP contribution is -2.18. The Morgan fingerprint density at radius 2 is 1.33 bits per heavy atom. The highest BCUT2D eigenvalue weighted by Gasteiger charge is 2.42. The highest BCUT2D eigenvalue weighted by atomic mass is 32.2. The van der Waals surface area contributed by atoms with Crippen molar-refractivity contribution in [1.29, 1.82) is 0 Å². The third-order valence-corrected chi connectivity index (χ3v) is 12.8. The van der Waals surface area contributed by atoms with Crippen LogP contribution in [0.3, 0.4) is 0 Å². The summed E-state index contributed by atoms with van der Waals surface area (Å²) in [5, 5.41) is 1.88. The number of aromatic nitrogens is 5. The molecule has 4 heterocycles. The predicted molar refractivity (Wildman–Crippen MR) is 237 cm³/mol. The number of fused-ring (bicyclic) bond motifs is 6. The Bertz CT molecular complexity index is 3070. The van der Waals surface area contributed by atoms with Gasteiger partial charge in [0.2, 0.25) is 0 Å². The topological polar surface area (TPSA) is 77.6 Å². The van der Waals surface area contributed by atoms with E-state index in [2.05, 4.69) is 123 Å². The largest absolute Gasteiger partial charge is 0.455 e. The van der Waals surface area contributed by atoms with E-state index in [1.54, 1.807) is 0 Å². The maximum absolute atomic E-state index is 6.82. The average molecular weight is 768 g/mol. The highest BCUT2D eigenvalue weighted by Crippen LogP contribution is 2.57. The molecule has 58 heavy (non-hydrogen) atoms. The predicted octanol–water partition coefficient (Wildman–Crippen LogP) is 13.1. The van der Waals surface area contributed by atoms with E-state index in [1.165, 1.54) is 11.1 Å². The number of nitrogens with zero attached hydrogens (tertiary/aromatic N) is 5. The molecule has 0 spiro atoms. The first kappa shape index (κ1) is 34.5. The Labute approximate surface area is 340 Å². The summed E-state index contributed by atoms with van der Waals surface area (Å²) in [7, 11) is 0. The van der Waals surface area contributed by atoms with E-state index in [0.29, 0.717) is 29.2 Å². The summed E-state index contributed by atoms with van der Waals surface area (Å²) in [6, 6.07) is 41.4. The van der Waals surface area contributed by atoms with Crippen molar-refractivity contribution in [1.82, 2.24) is 24.9 Å². The van der Waals surface area contributed by atoms with Gasteiger partial charge in [-0.1, -0.05) is 147 Å². The molecule has 0 bridgehead atoms. The van der Waals surface area contributed by atoms with E-state index >= 15 is 0 Å². The van der Waals surface area contributed by atoms with Crippen molar-refractivity contribution in [3.05, 3.63) is 169 Å². The first-order valence-corrected chi connectivity index (χ1v) is 20.6. The molecule has 0 fully saturated rings. The molecule has 6 nitrogen and oxygen atoms in total. The standard InChI is InChI=1S/C51H37N5OS/c1-31-25-27-32(28-26-31)35-18-11-19-36(30-35)48-54-47(34-16-7-4-8-17-34)55-49(56-48)38-21-13-24-41-42(38)37-20-12-22-39(45(37)57-41)50-52-43(33-14-5-3-6-15-33)46-44(53-50)40-23-9-10-29-51(40,2)58-46/h3-25,27-28,30-31H,26,29H2,1-2H3. The second kappa shape index (κ2) is 13.7. The first-order valence-electron chi connectivity index (χ1n) is 19.8. The molecule has 1 aliphatic heterocycles. The fraction of sp³-hybridized carbons (Fsp3) is 0.118. The summed E-state index contributed by atoms with van der Waals surface area (Å²) in [5.41, 5.74) is 11.6. The third kappa shape index (κ3) is 5.84. The maximum Gasteiger partial charge on any atom is 0.164 e. The molecule has 0 N–H and O–H groups in total. The van der Waals surface area contributed by atoms with E-state index in [-0.39, 0.29) is 4.75 Å². The van der Waals surface area contributed by atoms with Crippen LogP contribution in [0.1, 0.15) is 37.9 Å². The molecule has 2 atom stereocenters. The zero-order valence-corrected chi connectivity index (χ0v) is 32.9. The lowest BCUT2D eigenvalue weighted by Gasteiger charge is -2.25.